The van der Waals surface area contributed by atoms with Crippen molar-refractivity contribution >= 4 is 17.7 Å². The molecule has 3 N–H and O–H groups in total. The number of ether oxygens (including phenoxy) is 2. The Bertz CT molecular complexity index is 840. The molecule has 0 radical (unpaired) electrons. The molecule has 1 aliphatic rings. The number of nitrogens with zero attached hydrogens (tertiary/aromatic N) is 1. The Morgan fingerprint density at radius 2 is 1.96 bits per heavy atom. The topological polar surface area (TPSA) is 140 Å². The van der Waals surface area contributed by atoms with Crippen LogP contribution >= 0.6 is 0 Å². The molecule has 0 saturated carbocycles. The number of allylic oxidation sites excluding steroid dienone is 1. The summed E-state index contributed by atoms with van der Waals surface area (Å²) in [5, 5.41) is 26.2. The number of hydrogen-bond donors (Lipinski definition) is 3. The molecule has 0 aliphatic carbocycles. The van der Waals surface area contributed by atoms with Crippen LogP contribution in [0, 0.1) is 10.1 Å². The summed E-state index contributed by atoms with van der Waals surface area (Å²) < 4.78 is 10.4. The maximum absolute atomic E-state index is 12.7. The van der Waals surface area contributed by atoms with E-state index in [2.05, 4.69) is 10.6 Å². The van der Waals surface area contributed by atoms with Gasteiger partial charge in [-0.15, -0.1) is 0 Å². The molecule has 10 nitrogen and oxygen atoms in total. The fourth-order valence-electron chi connectivity index (χ4n) is 2.62. The number of urea groups is 1. The van der Waals surface area contributed by atoms with E-state index in [-0.39, 0.29) is 22.6 Å². The molecule has 10 heteroatoms. The molecule has 1 aromatic rings. The van der Waals surface area contributed by atoms with E-state index in [1.807, 2.05) is 0 Å². The number of carbonyl (C=O) groups is 2. The highest BCUT2D eigenvalue weighted by Gasteiger charge is 2.35. The molecule has 1 unspecified atom stereocenters. The maximum atomic E-state index is 12.7. The molecule has 2 rings (SSSR count). The number of hydrogen-bond acceptors (Lipinski definition) is 7. The number of benzene rings is 1. The van der Waals surface area contributed by atoms with Gasteiger partial charge in [0.1, 0.15) is 5.60 Å². The summed E-state index contributed by atoms with van der Waals surface area (Å²) in [6, 6.07) is 0.781. The van der Waals surface area contributed by atoms with Gasteiger partial charge >= 0.3 is 17.7 Å². The van der Waals surface area contributed by atoms with Crippen LogP contribution in [0.5, 0.6) is 11.5 Å². The van der Waals surface area contributed by atoms with E-state index in [4.69, 9.17) is 9.47 Å². The summed E-state index contributed by atoms with van der Waals surface area (Å²) in [5.41, 5.74) is -0.862. The monoisotopic (exact) mass is 379 g/mol. The van der Waals surface area contributed by atoms with Crippen LogP contribution in [0.15, 0.2) is 23.4 Å². The van der Waals surface area contributed by atoms with Crippen LogP contribution in [-0.4, -0.2) is 34.7 Å². The van der Waals surface area contributed by atoms with E-state index >= 15 is 0 Å². The standard InChI is InChI=1S/C17H21N3O7/c1-8-12(15(22)27-17(2,3)4)13(19-16(23)18-8)9-6-10(20(24)25)14(21)11(7-9)26-5/h6-7,13,21H,1-5H3,(H2,18,19,23). The number of carbonyl (C=O) groups excluding carboxylic acids is 2. The Labute approximate surface area is 155 Å². The van der Waals surface area contributed by atoms with E-state index in [0.29, 0.717) is 0 Å². The van der Waals surface area contributed by atoms with Gasteiger partial charge in [0, 0.05) is 11.8 Å². The molecule has 0 saturated heterocycles. The summed E-state index contributed by atoms with van der Waals surface area (Å²) in [5.74, 6) is -1.49. The number of aromatic hydroxyl groups is 1. The number of amides is 2. The number of methoxy groups -OCH3 is 1. The number of phenols is 1. The minimum absolute atomic E-state index is 0.0894. The first-order chi connectivity index (χ1) is 12.4. The smallest absolute Gasteiger partial charge is 0.338 e. The molecular formula is C17H21N3O7. The van der Waals surface area contributed by atoms with E-state index < -0.39 is 40.0 Å². The van der Waals surface area contributed by atoms with Gasteiger partial charge in [0.2, 0.25) is 5.75 Å². The number of rotatable bonds is 4. The Hall–Kier alpha value is -3.30. The van der Waals surface area contributed by atoms with Crippen LogP contribution in [0.4, 0.5) is 10.5 Å². The third-order valence-electron chi connectivity index (χ3n) is 3.72. The third kappa shape index (κ3) is 4.27. The fraction of sp³-hybridized carbons (Fsp3) is 0.412. The van der Waals surface area contributed by atoms with Crippen molar-refractivity contribution in [1.82, 2.24) is 10.6 Å². The lowest BCUT2D eigenvalue weighted by molar-refractivity contribution is -0.386. The average molecular weight is 379 g/mol. The van der Waals surface area contributed by atoms with Gasteiger partial charge in [0.25, 0.3) is 0 Å². The number of nitro groups is 1. The van der Waals surface area contributed by atoms with Crippen molar-refractivity contribution in [3.8, 4) is 11.5 Å². The minimum Gasteiger partial charge on any atom is -0.500 e. The lowest BCUT2D eigenvalue weighted by Crippen LogP contribution is -2.46. The van der Waals surface area contributed by atoms with Crippen LogP contribution in [0.2, 0.25) is 0 Å². The molecule has 0 aromatic heterocycles. The van der Waals surface area contributed by atoms with Crippen molar-refractivity contribution in [2.45, 2.75) is 39.3 Å². The molecule has 0 bridgehead atoms. The first-order valence-electron chi connectivity index (χ1n) is 8.01. The molecule has 0 spiro atoms. The number of nitro benzene ring substituents is 1. The largest absolute Gasteiger partial charge is 0.500 e. The van der Waals surface area contributed by atoms with Crippen molar-refractivity contribution in [3.63, 3.8) is 0 Å². The third-order valence-corrected chi connectivity index (χ3v) is 3.72. The summed E-state index contributed by atoms with van der Waals surface area (Å²) in [6.45, 7) is 6.61. The molecule has 146 valence electrons. The summed E-state index contributed by atoms with van der Waals surface area (Å²) >= 11 is 0. The second kappa shape index (κ2) is 7.14. The van der Waals surface area contributed by atoms with Crippen molar-refractivity contribution in [2.75, 3.05) is 7.11 Å². The van der Waals surface area contributed by atoms with E-state index in [1.54, 1.807) is 20.8 Å². The highest BCUT2D eigenvalue weighted by atomic mass is 16.6. The lowest BCUT2D eigenvalue weighted by atomic mass is 9.94. The first-order valence-corrected chi connectivity index (χ1v) is 8.01. The SMILES string of the molecule is COc1cc(C2NC(=O)NC(C)=C2C(=O)OC(C)(C)C)cc([N+](=O)[O-])c1O. The van der Waals surface area contributed by atoms with Gasteiger partial charge in [-0.25, -0.2) is 9.59 Å². The Balaban J connectivity index is 2.61. The van der Waals surface area contributed by atoms with Crippen molar-refractivity contribution in [3.05, 3.63) is 39.1 Å². The van der Waals surface area contributed by atoms with Crippen LogP contribution < -0.4 is 15.4 Å². The maximum Gasteiger partial charge on any atom is 0.338 e. The predicted octanol–water partition coefficient (Wildman–Crippen LogP) is 2.28. The zero-order valence-electron chi connectivity index (χ0n) is 15.6. The second-order valence-electron chi connectivity index (χ2n) is 6.92. The summed E-state index contributed by atoms with van der Waals surface area (Å²) in [4.78, 5) is 35.1. The van der Waals surface area contributed by atoms with Crippen molar-refractivity contribution < 1.29 is 29.1 Å². The lowest BCUT2D eigenvalue weighted by Gasteiger charge is -2.30. The van der Waals surface area contributed by atoms with Crippen molar-refractivity contribution in [1.29, 1.82) is 0 Å². The summed E-state index contributed by atoms with van der Waals surface area (Å²) in [6.07, 6.45) is 0. The van der Waals surface area contributed by atoms with Gasteiger partial charge < -0.3 is 25.2 Å². The minimum atomic E-state index is -1.03. The zero-order chi connectivity index (χ0) is 20.5. The van der Waals surface area contributed by atoms with Gasteiger partial charge in [-0.2, -0.15) is 0 Å². The van der Waals surface area contributed by atoms with Gasteiger partial charge in [0.15, 0.2) is 5.75 Å². The highest BCUT2D eigenvalue weighted by Crippen LogP contribution is 2.40. The highest BCUT2D eigenvalue weighted by molar-refractivity contribution is 5.95. The quantitative estimate of drug-likeness (QED) is 0.414. The van der Waals surface area contributed by atoms with Gasteiger partial charge in [-0.1, -0.05) is 0 Å². The van der Waals surface area contributed by atoms with Crippen molar-refractivity contribution in [2.24, 2.45) is 0 Å². The van der Waals surface area contributed by atoms with Gasteiger partial charge in [-0.3, -0.25) is 10.1 Å². The van der Waals surface area contributed by atoms with Crippen LogP contribution in [0.25, 0.3) is 0 Å². The Morgan fingerprint density at radius 1 is 1.33 bits per heavy atom. The molecule has 1 atom stereocenters. The average Bonchev–Trinajstić information content (AvgIpc) is 2.52. The van der Waals surface area contributed by atoms with Gasteiger partial charge in [0.05, 0.1) is 23.6 Å². The van der Waals surface area contributed by atoms with Crippen LogP contribution in [0.1, 0.15) is 39.3 Å². The van der Waals surface area contributed by atoms with E-state index in [1.165, 1.54) is 20.1 Å². The molecule has 1 heterocycles. The molecule has 1 aliphatic heterocycles. The molecule has 1 aromatic carbocycles. The first kappa shape index (κ1) is 20.0. The molecular weight excluding hydrogens is 358 g/mol. The van der Waals surface area contributed by atoms with Crippen LogP contribution in [0.3, 0.4) is 0 Å². The molecule has 0 fully saturated rings. The molecule has 27 heavy (non-hydrogen) atoms. The molecule has 2 amide bonds. The number of esters is 1. The summed E-state index contributed by atoms with van der Waals surface area (Å²) in [7, 11) is 1.24. The second-order valence-corrected chi connectivity index (χ2v) is 6.92. The zero-order valence-corrected chi connectivity index (χ0v) is 15.6. The Kier molecular flexibility index (Phi) is 5.29. The van der Waals surface area contributed by atoms with Gasteiger partial charge in [-0.05, 0) is 39.3 Å². The van der Waals surface area contributed by atoms with Crippen LogP contribution in [-0.2, 0) is 9.53 Å². The van der Waals surface area contributed by atoms with E-state index in [9.17, 15) is 24.8 Å². The predicted molar refractivity (Wildman–Crippen MR) is 94.3 cm³/mol. The fourth-order valence-corrected chi connectivity index (χ4v) is 2.62. The number of nitrogens with one attached hydrogen (secondary N) is 2. The Morgan fingerprint density at radius 3 is 2.48 bits per heavy atom. The van der Waals surface area contributed by atoms with E-state index in [0.717, 1.165) is 6.07 Å². The number of phenolic OH excluding ortho intramolecular Hbond substituents is 1. The normalized spacial score (nSPS) is 17.1.